The molecule has 2 heterocycles. The summed E-state index contributed by atoms with van der Waals surface area (Å²) in [4.78, 5) is 86.0. The number of carboxylic acid groups (broad SMARTS) is 1. The van der Waals surface area contributed by atoms with Crippen molar-refractivity contribution in [1.29, 1.82) is 0 Å². The number of alkyl halides is 1. The van der Waals surface area contributed by atoms with Gasteiger partial charge >= 0.3 is 5.97 Å². The molecule has 15 heteroatoms. The molecule has 4 atom stereocenters. The van der Waals surface area contributed by atoms with Crippen LogP contribution in [0.2, 0.25) is 0 Å². The molecule has 3 aromatic carbocycles. The zero-order valence-electron chi connectivity index (χ0n) is 30.3. The summed E-state index contributed by atoms with van der Waals surface area (Å²) in [6.45, 7) is 0.163. The Hall–Kier alpha value is -5.76. The molecule has 5 rings (SSSR count). The van der Waals surface area contributed by atoms with E-state index < -0.39 is 77.8 Å². The maximum atomic E-state index is 14.4. The smallest absolute Gasteiger partial charge is 0.303 e. The van der Waals surface area contributed by atoms with Crippen LogP contribution in [0.1, 0.15) is 43.2 Å². The highest BCUT2D eigenvalue weighted by molar-refractivity contribution is 6.27. The number of aromatic amines is 1. The van der Waals surface area contributed by atoms with Crippen LogP contribution in [0.15, 0.2) is 85.1 Å². The highest BCUT2D eigenvalue weighted by Crippen LogP contribution is 2.23. The number of H-pyrrole nitrogens is 1. The van der Waals surface area contributed by atoms with E-state index in [0.717, 1.165) is 10.9 Å². The number of anilines is 1. The number of piperidine rings is 1. The third-order valence-corrected chi connectivity index (χ3v) is 9.91. The Morgan fingerprint density at radius 2 is 1.60 bits per heavy atom. The van der Waals surface area contributed by atoms with Crippen molar-refractivity contribution >= 4 is 63.7 Å². The maximum Gasteiger partial charge on any atom is 0.303 e. The number of amides is 5. The number of hydrogen-bond donors (Lipinski definition) is 5. The predicted octanol–water partition coefficient (Wildman–Crippen LogP) is 3.69. The van der Waals surface area contributed by atoms with Gasteiger partial charge in [-0.3, -0.25) is 28.8 Å². The van der Waals surface area contributed by atoms with Crippen LogP contribution in [0.3, 0.4) is 0 Å². The first-order valence-corrected chi connectivity index (χ1v) is 18.6. The van der Waals surface area contributed by atoms with Gasteiger partial charge in [0.2, 0.25) is 29.5 Å². The quantitative estimate of drug-likeness (QED) is 0.108. The second kappa shape index (κ2) is 19.0. The van der Waals surface area contributed by atoms with Gasteiger partial charge < -0.3 is 35.8 Å². The van der Waals surface area contributed by atoms with E-state index in [9.17, 15) is 38.3 Å². The number of carbonyl (C=O) groups is 6. The Balaban J connectivity index is 1.44. The second-order valence-corrected chi connectivity index (χ2v) is 13.7. The summed E-state index contributed by atoms with van der Waals surface area (Å²) in [6.07, 6.45) is 2.56. The lowest BCUT2D eigenvalue weighted by atomic mass is 9.97. The van der Waals surface area contributed by atoms with Gasteiger partial charge in [0.25, 0.3) is 0 Å². The number of likely N-dealkylation sites (tertiary alicyclic amines) is 1. The number of aromatic nitrogens is 1. The van der Waals surface area contributed by atoms with E-state index in [2.05, 4.69) is 20.9 Å². The molecule has 1 saturated heterocycles. The van der Waals surface area contributed by atoms with Crippen molar-refractivity contribution in [1.82, 2.24) is 25.8 Å². The summed E-state index contributed by atoms with van der Waals surface area (Å²) >= 11 is 5.67. The van der Waals surface area contributed by atoms with Crippen molar-refractivity contribution in [2.24, 2.45) is 0 Å². The summed E-state index contributed by atoms with van der Waals surface area (Å²) in [5.74, 6) is -5.10. The van der Waals surface area contributed by atoms with Gasteiger partial charge in [0.1, 0.15) is 35.9 Å². The molecular weight excluding hydrogens is 731 g/mol. The molecule has 0 bridgehead atoms. The fourth-order valence-corrected chi connectivity index (χ4v) is 6.84. The highest BCUT2D eigenvalue weighted by atomic mass is 35.5. The molecule has 0 saturated carbocycles. The maximum absolute atomic E-state index is 14.4. The largest absolute Gasteiger partial charge is 0.481 e. The number of fused-ring (bicyclic) bond motifs is 1. The zero-order valence-corrected chi connectivity index (χ0v) is 31.1. The number of carboxylic acids is 1. The Morgan fingerprint density at radius 1 is 0.891 bits per heavy atom. The van der Waals surface area contributed by atoms with Gasteiger partial charge in [-0.05, 0) is 67.1 Å². The first-order chi connectivity index (χ1) is 26.4. The SMILES string of the molecule is CN(C(=O)[C@H](Cc1ccc(F)cc1)NC(=O)[C@H](Cc1c[nH]c2ccccc12)NC(=O)[C@@H]1CCCCN1C(=O)[C@H](CCC(=O)O)NC(=O)CCl)c1ccccc1. The molecule has 0 spiro atoms. The van der Waals surface area contributed by atoms with E-state index in [1.807, 2.05) is 30.3 Å². The van der Waals surface area contributed by atoms with Crippen molar-refractivity contribution in [2.45, 2.75) is 69.1 Å². The minimum Gasteiger partial charge on any atom is -0.481 e. The Kier molecular flexibility index (Phi) is 14.0. The minimum atomic E-state index is -1.24. The van der Waals surface area contributed by atoms with Gasteiger partial charge in [-0.1, -0.05) is 48.5 Å². The number of nitrogens with one attached hydrogen (secondary N) is 4. The third kappa shape index (κ3) is 10.7. The summed E-state index contributed by atoms with van der Waals surface area (Å²) in [7, 11) is 1.58. The Morgan fingerprint density at radius 3 is 2.31 bits per heavy atom. The van der Waals surface area contributed by atoms with Gasteiger partial charge in [-0.25, -0.2) is 4.39 Å². The highest BCUT2D eigenvalue weighted by Gasteiger charge is 2.38. The van der Waals surface area contributed by atoms with Gasteiger partial charge in [0.05, 0.1) is 0 Å². The number of likely N-dealkylation sites (N-methyl/N-ethyl adjacent to an activating group) is 1. The van der Waals surface area contributed by atoms with Crippen molar-refractivity contribution in [2.75, 3.05) is 24.4 Å². The van der Waals surface area contributed by atoms with Crippen molar-refractivity contribution in [3.63, 3.8) is 0 Å². The van der Waals surface area contributed by atoms with E-state index in [-0.39, 0.29) is 32.2 Å². The van der Waals surface area contributed by atoms with E-state index in [1.165, 1.54) is 34.1 Å². The first-order valence-electron chi connectivity index (χ1n) is 18.1. The van der Waals surface area contributed by atoms with Gasteiger partial charge in [-0.15, -0.1) is 11.6 Å². The predicted molar refractivity (Wildman–Crippen MR) is 205 cm³/mol. The van der Waals surface area contributed by atoms with Crippen LogP contribution >= 0.6 is 11.6 Å². The average molecular weight is 775 g/mol. The standard InChI is InChI=1S/C40H44ClFN6O7/c1-47(28-9-3-2-4-10-28)39(54)33(21-25-14-16-27(42)17-15-25)46-37(52)32(22-26-24-43-30-12-6-5-11-29(26)30)45-38(53)34-13-7-8-20-48(34)40(55)31(18-19-36(50)51)44-35(49)23-41/h2-6,9-12,14-17,24,31-34,43H,7-8,13,18-23H2,1H3,(H,44,49)(H,45,53)(H,46,52)(H,50,51)/t31-,32-,33-,34-/m0/s1. The molecule has 55 heavy (non-hydrogen) atoms. The van der Waals surface area contributed by atoms with Crippen LogP contribution in [0, 0.1) is 5.82 Å². The second-order valence-electron chi connectivity index (χ2n) is 13.5. The lowest BCUT2D eigenvalue weighted by Gasteiger charge is -2.37. The molecule has 5 N–H and O–H groups in total. The van der Waals surface area contributed by atoms with Crippen LogP contribution in [-0.4, -0.2) is 94.1 Å². The fraction of sp³-hybridized carbons (Fsp3) is 0.350. The topological polar surface area (TPSA) is 181 Å². The summed E-state index contributed by atoms with van der Waals surface area (Å²) in [5, 5.41) is 18.3. The molecule has 0 aliphatic carbocycles. The fourth-order valence-electron chi connectivity index (χ4n) is 6.76. The van der Waals surface area contributed by atoms with E-state index in [1.54, 1.807) is 37.5 Å². The van der Waals surface area contributed by atoms with Gasteiger partial charge in [0.15, 0.2) is 0 Å². The molecule has 290 valence electrons. The summed E-state index contributed by atoms with van der Waals surface area (Å²) in [5.41, 5.74) is 2.70. The van der Waals surface area contributed by atoms with Crippen molar-refractivity contribution in [3.8, 4) is 0 Å². The van der Waals surface area contributed by atoms with E-state index in [4.69, 9.17) is 11.6 Å². The Labute approximate surface area is 322 Å². The van der Waals surface area contributed by atoms with Crippen LogP contribution in [0.4, 0.5) is 10.1 Å². The number of rotatable bonds is 16. The molecule has 1 aliphatic heterocycles. The zero-order chi connectivity index (χ0) is 39.5. The molecule has 4 aromatic rings. The van der Waals surface area contributed by atoms with Crippen LogP contribution in [0.5, 0.6) is 0 Å². The van der Waals surface area contributed by atoms with Crippen molar-refractivity contribution in [3.05, 3.63) is 102 Å². The molecular formula is C40H44ClFN6O7. The summed E-state index contributed by atoms with van der Waals surface area (Å²) in [6, 6.07) is 17.3. The molecule has 1 aliphatic rings. The van der Waals surface area contributed by atoms with Crippen molar-refractivity contribution < 1.29 is 38.3 Å². The van der Waals surface area contributed by atoms with Gasteiger partial charge in [0, 0.05) is 55.6 Å². The molecule has 13 nitrogen and oxygen atoms in total. The molecule has 0 unspecified atom stereocenters. The van der Waals surface area contributed by atoms with E-state index >= 15 is 0 Å². The summed E-state index contributed by atoms with van der Waals surface area (Å²) < 4.78 is 13.8. The number of nitrogens with zero attached hydrogens (tertiary/aromatic N) is 2. The third-order valence-electron chi connectivity index (χ3n) is 9.66. The number of aliphatic carboxylic acids is 1. The number of hydrogen-bond acceptors (Lipinski definition) is 6. The molecule has 1 fully saturated rings. The normalized spacial score (nSPS) is 15.7. The minimum absolute atomic E-state index is 0.0151. The monoisotopic (exact) mass is 774 g/mol. The number of benzene rings is 3. The lowest BCUT2D eigenvalue weighted by Crippen LogP contribution is -2.61. The Bertz CT molecular complexity index is 1990. The van der Waals surface area contributed by atoms with Crippen LogP contribution < -0.4 is 20.9 Å². The lowest BCUT2D eigenvalue weighted by molar-refractivity contribution is -0.146. The molecule has 0 radical (unpaired) electrons. The molecule has 1 aromatic heterocycles. The van der Waals surface area contributed by atoms with E-state index in [0.29, 0.717) is 29.7 Å². The number of para-hydroxylation sites is 2. The average Bonchev–Trinajstić information content (AvgIpc) is 3.61. The number of carbonyl (C=O) groups excluding carboxylic acids is 5. The van der Waals surface area contributed by atoms with Crippen LogP contribution in [-0.2, 0) is 41.6 Å². The first kappa shape index (κ1) is 40.4. The van der Waals surface area contributed by atoms with Gasteiger partial charge in [-0.2, -0.15) is 0 Å². The molecule has 5 amide bonds. The number of halogens is 2. The van der Waals surface area contributed by atoms with Crippen LogP contribution in [0.25, 0.3) is 10.9 Å².